The summed E-state index contributed by atoms with van der Waals surface area (Å²) in [6.45, 7) is 5.26. The second kappa shape index (κ2) is 5.89. The number of benzene rings is 1. The molecule has 0 radical (unpaired) electrons. The summed E-state index contributed by atoms with van der Waals surface area (Å²) >= 11 is 9.43. The van der Waals surface area contributed by atoms with E-state index in [2.05, 4.69) is 40.9 Å². The van der Waals surface area contributed by atoms with E-state index in [1.165, 1.54) is 5.57 Å². The van der Waals surface area contributed by atoms with E-state index in [-0.39, 0.29) is 0 Å². The highest BCUT2D eigenvalue weighted by Gasteiger charge is 2.16. The predicted octanol–water partition coefficient (Wildman–Crippen LogP) is 5.15. The molecule has 18 heavy (non-hydrogen) atoms. The van der Waals surface area contributed by atoms with Crippen LogP contribution in [0.25, 0.3) is 0 Å². The molecule has 1 saturated heterocycles. The Balaban J connectivity index is 2.29. The maximum Gasteiger partial charge on any atom is 0.109 e. The molecule has 0 aromatic heterocycles. The van der Waals surface area contributed by atoms with Gasteiger partial charge in [-0.15, -0.1) is 0 Å². The van der Waals surface area contributed by atoms with Gasteiger partial charge in [-0.1, -0.05) is 17.2 Å². The maximum absolute atomic E-state index is 5.93. The highest BCUT2D eigenvalue weighted by molar-refractivity contribution is 9.10. The predicted molar refractivity (Wildman–Crippen MR) is 81.6 cm³/mol. The van der Waals surface area contributed by atoms with E-state index < -0.39 is 0 Å². The molecular weight excluding hydrogens is 312 g/mol. The summed E-state index contributed by atoms with van der Waals surface area (Å²) in [6.07, 6.45) is 4.35. The molecule has 0 saturated carbocycles. The van der Waals surface area contributed by atoms with Gasteiger partial charge >= 0.3 is 0 Å². The van der Waals surface area contributed by atoms with Crippen molar-refractivity contribution in [1.29, 1.82) is 0 Å². The smallest absolute Gasteiger partial charge is 0.109 e. The zero-order valence-corrected chi connectivity index (χ0v) is 12.9. The second-order valence-corrected chi connectivity index (χ2v) is 5.92. The van der Waals surface area contributed by atoms with Crippen LogP contribution < -0.4 is 0 Å². The van der Waals surface area contributed by atoms with E-state index >= 15 is 0 Å². The average Bonchev–Trinajstić information content (AvgIpc) is 2.69. The third-order valence-corrected chi connectivity index (χ3v) is 3.57. The van der Waals surface area contributed by atoms with Gasteiger partial charge in [0.15, 0.2) is 0 Å². The van der Waals surface area contributed by atoms with Crippen molar-refractivity contribution in [3.63, 3.8) is 0 Å². The van der Waals surface area contributed by atoms with Crippen molar-refractivity contribution >= 4 is 39.1 Å². The summed E-state index contributed by atoms with van der Waals surface area (Å²) in [5, 5.41) is 0.721. The molecule has 1 aliphatic rings. The van der Waals surface area contributed by atoms with Gasteiger partial charge in [-0.25, -0.2) is 4.99 Å². The molecule has 0 atom stereocenters. The van der Waals surface area contributed by atoms with Crippen molar-refractivity contribution in [2.45, 2.75) is 26.7 Å². The monoisotopic (exact) mass is 326 g/mol. The number of aliphatic imine (C=N–C) groups is 1. The number of rotatable bonds is 2. The molecule has 1 aliphatic heterocycles. The lowest BCUT2D eigenvalue weighted by molar-refractivity contribution is 0.598. The maximum atomic E-state index is 5.93. The summed E-state index contributed by atoms with van der Waals surface area (Å²) in [6, 6.07) is 5.69. The average molecular weight is 328 g/mol. The van der Waals surface area contributed by atoms with Gasteiger partial charge in [-0.2, -0.15) is 0 Å². The minimum Gasteiger partial charge on any atom is -0.337 e. The van der Waals surface area contributed by atoms with E-state index in [9.17, 15) is 0 Å². The Kier molecular flexibility index (Phi) is 4.46. The molecule has 0 spiro atoms. The van der Waals surface area contributed by atoms with E-state index in [0.717, 1.165) is 40.4 Å². The van der Waals surface area contributed by atoms with Crippen molar-refractivity contribution in [3.05, 3.63) is 39.5 Å². The van der Waals surface area contributed by atoms with Crippen molar-refractivity contribution in [2.75, 3.05) is 6.54 Å². The number of halogens is 2. The van der Waals surface area contributed by atoms with Gasteiger partial charge < -0.3 is 4.90 Å². The number of amidine groups is 1. The SMILES string of the molecule is CC(C)=CN1CCCC1=Nc1ccc(Cl)cc1Br. The molecule has 2 rings (SSSR count). The molecule has 0 N–H and O–H groups in total. The first-order valence-electron chi connectivity index (χ1n) is 6.00. The van der Waals surface area contributed by atoms with Crippen molar-refractivity contribution in [2.24, 2.45) is 4.99 Å². The van der Waals surface area contributed by atoms with E-state index in [1.807, 2.05) is 18.2 Å². The summed E-state index contributed by atoms with van der Waals surface area (Å²) < 4.78 is 0.937. The van der Waals surface area contributed by atoms with E-state index in [0.29, 0.717) is 0 Å². The van der Waals surface area contributed by atoms with E-state index in [1.54, 1.807) is 0 Å². The van der Waals surface area contributed by atoms with Crippen molar-refractivity contribution in [3.8, 4) is 0 Å². The van der Waals surface area contributed by atoms with Crippen LogP contribution in [-0.4, -0.2) is 17.3 Å². The Morgan fingerprint density at radius 3 is 2.89 bits per heavy atom. The quantitative estimate of drug-likeness (QED) is 0.733. The third kappa shape index (κ3) is 3.36. The summed E-state index contributed by atoms with van der Waals surface area (Å²) in [5.74, 6) is 1.12. The number of allylic oxidation sites excluding steroid dienone is 1. The van der Waals surface area contributed by atoms with Gasteiger partial charge in [0.1, 0.15) is 5.84 Å². The van der Waals surface area contributed by atoms with Crippen LogP contribution in [0.4, 0.5) is 5.69 Å². The van der Waals surface area contributed by atoms with Crippen LogP contribution in [0.2, 0.25) is 5.02 Å². The standard InChI is InChI=1S/C14H16BrClN2/c1-10(2)9-18-7-3-4-14(18)17-13-6-5-11(16)8-12(13)15/h5-6,8-9H,3-4,7H2,1-2H3. The van der Waals surface area contributed by atoms with Gasteiger partial charge in [0, 0.05) is 28.7 Å². The first-order chi connectivity index (χ1) is 8.56. The zero-order valence-electron chi connectivity index (χ0n) is 10.6. The van der Waals surface area contributed by atoms with Gasteiger partial charge in [0.05, 0.1) is 5.69 Å². The molecular formula is C14H16BrClN2. The van der Waals surface area contributed by atoms with Gasteiger partial charge in [0.2, 0.25) is 0 Å². The largest absolute Gasteiger partial charge is 0.337 e. The Morgan fingerprint density at radius 1 is 1.44 bits per heavy atom. The molecule has 1 heterocycles. The van der Waals surface area contributed by atoms with Crippen LogP contribution in [0.1, 0.15) is 26.7 Å². The topological polar surface area (TPSA) is 15.6 Å². The molecule has 96 valence electrons. The van der Waals surface area contributed by atoms with Gasteiger partial charge in [0.25, 0.3) is 0 Å². The number of likely N-dealkylation sites (tertiary alicyclic amines) is 1. The summed E-state index contributed by atoms with van der Waals surface area (Å²) in [4.78, 5) is 6.96. The Bertz CT molecular complexity index is 505. The van der Waals surface area contributed by atoms with Crippen molar-refractivity contribution < 1.29 is 0 Å². The molecule has 0 aliphatic carbocycles. The third-order valence-electron chi connectivity index (χ3n) is 2.70. The zero-order chi connectivity index (χ0) is 13.1. The molecule has 2 nitrogen and oxygen atoms in total. The molecule has 0 bridgehead atoms. The van der Waals surface area contributed by atoms with Crippen LogP contribution in [0.5, 0.6) is 0 Å². The van der Waals surface area contributed by atoms with Crippen LogP contribution >= 0.6 is 27.5 Å². The van der Waals surface area contributed by atoms with Crippen LogP contribution in [0.15, 0.2) is 39.4 Å². The normalized spacial score (nSPS) is 17.3. The highest BCUT2D eigenvalue weighted by Crippen LogP contribution is 2.30. The van der Waals surface area contributed by atoms with Crippen molar-refractivity contribution in [1.82, 2.24) is 4.90 Å². The molecule has 0 unspecified atom stereocenters. The van der Waals surface area contributed by atoms with Gasteiger partial charge in [-0.3, -0.25) is 0 Å². The minimum absolute atomic E-state index is 0.721. The second-order valence-electron chi connectivity index (χ2n) is 4.63. The fourth-order valence-corrected chi connectivity index (χ4v) is 2.73. The lowest BCUT2D eigenvalue weighted by atomic mass is 10.3. The minimum atomic E-state index is 0.721. The Labute approximate surface area is 121 Å². The molecule has 1 aromatic carbocycles. The lowest BCUT2D eigenvalue weighted by Gasteiger charge is -2.14. The van der Waals surface area contributed by atoms with Crippen LogP contribution in [-0.2, 0) is 0 Å². The fourth-order valence-electron chi connectivity index (χ4n) is 1.96. The highest BCUT2D eigenvalue weighted by atomic mass is 79.9. The lowest BCUT2D eigenvalue weighted by Crippen LogP contribution is -2.18. The molecule has 1 fully saturated rings. The molecule has 4 heteroatoms. The number of nitrogens with zero attached hydrogens (tertiary/aromatic N) is 2. The van der Waals surface area contributed by atoms with Crippen LogP contribution in [0, 0.1) is 0 Å². The Hall–Kier alpha value is -0.800. The number of hydrogen-bond donors (Lipinski definition) is 0. The summed E-state index contributed by atoms with van der Waals surface area (Å²) in [5.41, 5.74) is 2.23. The number of hydrogen-bond acceptors (Lipinski definition) is 1. The first kappa shape index (κ1) is 13.6. The molecule has 1 aromatic rings. The van der Waals surface area contributed by atoms with E-state index in [4.69, 9.17) is 16.6 Å². The fraction of sp³-hybridized carbons (Fsp3) is 0.357. The summed E-state index contributed by atoms with van der Waals surface area (Å²) in [7, 11) is 0. The van der Waals surface area contributed by atoms with Gasteiger partial charge in [-0.05, 0) is 54.4 Å². The van der Waals surface area contributed by atoms with Crippen LogP contribution in [0.3, 0.4) is 0 Å². The molecule has 0 amide bonds. The Morgan fingerprint density at radius 2 is 2.22 bits per heavy atom. The first-order valence-corrected chi connectivity index (χ1v) is 7.17.